The van der Waals surface area contributed by atoms with E-state index in [1.165, 1.54) is 7.05 Å². The molecule has 76 valence electrons. The summed E-state index contributed by atoms with van der Waals surface area (Å²) < 4.78 is 0. The molecule has 0 atom stereocenters. The van der Waals surface area contributed by atoms with Crippen LogP contribution in [0.25, 0.3) is 0 Å². The predicted molar refractivity (Wildman–Crippen MR) is 43.6 cm³/mol. The van der Waals surface area contributed by atoms with Crippen molar-refractivity contribution >= 4 is 0 Å². The lowest BCUT2D eigenvalue weighted by Crippen LogP contribution is -2.42. The molecule has 0 bridgehead atoms. The summed E-state index contributed by atoms with van der Waals surface area (Å²) in [4.78, 5) is 20.5. The van der Waals surface area contributed by atoms with E-state index in [4.69, 9.17) is 0 Å². The van der Waals surface area contributed by atoms with Crippen LogP contribution in [-0.4, -0.2) is 40.3 Å². The summed E-state index contributed by atoms with van der Waals surface area (Å²) in [6.07, 6.45) is 0.576. The Balaban J connectivity index is 4.09. The molecule has 0 saturated carbocycles. The molecule has 0 aromatic heterocycles. The van der Waals surface area contributed by atoms with E-state index in [0.29, 0.717) is 11.4 Å². The smallest absolute Gasteiger partial charge is 0.207 e. The van der Waals surface area contributed by atoms with Gasteiger partial charge in [0.25, 0.3) is 0 Å². The second-order valence-electron chi connectivity index (χ2n) is 2.50. The Morgan fingerprint density at radius 3 is 2.08 bits per heavy atom. The molecule has 0 aromatic rings. The summed E-state index contributed by atoms with van der Waals surface area (Å²) in [6.45, 7) is 1.65. The first-order chi connectivity index (χ1) is 5.99. The molecule has 0 fully saturated rings. The van der Waals surface area contributed by atoms with Gasteiger partial charge < -0.3 is 0 Å². The lowest BCUT2D eigenvalue weighted by Gasteiger charge is -2.15. The summed E-state index contributed by atoms with van der Waals surface area (Å²) in [5, 5.41) is 20.6. The molecule has 0 saturated heterocycles. The molecule has 8 heteroatoms. The van der Waals surface area contributed by atoms with Gasteiger partial charge in [0, 0.05) is 0 Å². The predicted octanol–water partition coefficient (Wildman–Crippen LogP) is -0.0289. The van der Waals surface area contributed by atoms with Gasteiger partial charge in [0.1, 0.15) is 0 Å². The van der Waals surface area contributed by atoms with Gasteiger partial charge in [-0.2, -0.15) is 0 Å². The van der Waals surface area contributed by atoms with Gasteiger partial charge >= 0.3 is 0 Å². The number of hydrogen-bond donors (Lipinski definition) is 0. The number of rotatable bonds is 6. The Bertz CT molecular complexity index is 197. The van der Waals surface area contributed by atoms with E-state index in [1.807, 2.05) is 0 Å². The van der Waals surface area contributed by atoms with Crippen molar-refractivity contribution < 1.29 is 10.1 Å². The van der Waals surface area contributed by atoms with E-state index in [1.54, 1.807) is 6.92 Å². The van der Waals surface area contributed by atoms with E-state index >= 15 is 0 Å². The van der Waals surface area contributed by atoms with E-state index in [0.717, 1.165) is 5.01 Å². The Hall–Kier alpha value is -1.60. The molecule has 0 aromatic carbocycles. The van der Waals surface area contributed by atoms with Crippen LogP contribution in [0.2, 0.25) is 0 Å². The van der Waals surface area contributed by atoms with Crippen molar-refractivity contribution in [3.63, 3.8) is 0 Å². The second-order valence-corrected chi connectivity index (χ2v) is 2.50. The summed E-state index contributed by atoms with van der Waals surface area (Å²) in [6, 6.07) is 0. The molecule has 0 aliphatic heterocycles. The van der Waals surface area contributed by atoms with Crippen LogP contribution in [0.1, 0.15) is 13.3 Å². The van der Waals surface area contributed by atoms with Gasteiger partial charge in [-0.25, -0.2) is 20.2 Å². The lowest BCUT2D eigenvalue weighted by atomic mass is 10.5. The zero-order valence-corrected chi connectivity index (χ0v) is 7.54. The molecule has 13 heavy (non-hydrogen) atoms. The molecular weight excluding hydrogens is 180 g/mol. The minimum Gasteiger partial charge on any atom is -0.235 e. The van der Waals surface area contributed by atoms with Gasteiger partial charge in [0.2, 0.25) is 6.67 Å². The molecule has 0 N–H and O–H groups in total. The molecule has 0 heterocycles. The third-order valence-corrected chi connectivity index (χ3v) is 1.36. The number of hydrogen-bond acceptors (Lipinski definition) is 4. The maximum absolute atomic E-state index is 10.3. The van der Waals surface area contributed by atoms with E-state index < -0.39 is 10.1 Å². The van der Waals surface area contributed by atoms with E-state index in [9.17, 15) is 20.2 Å². The maximum atomic E-state index is 10.3. The quantitative estimate of drug-likeness (QED) is 0.333. The summed E-state index contributed by atoms with van der Waals surface area (Å²) in [7, 11) is 1.19. The molecule has 0 aliphatic carbocycles. The zero-order chi connectivity index (χ0) is 10.4. The van der Waals surface area contributed by atoms with Crippen LogP contribution in [0, 0.1) is 20.2 Å². The van der Waals surface area contributed by atoms with Gasteiger partial charge in [0.05, 0.1) is 13.6 Å². The van der Waals surface area contributed by atoms with Crippen LogP contribution in [0.15, 0.2) is 0 Å². The van der Waals surface area contributed by atoms with Crippen LogP contribution >= 0.6 is 0 Å². The lowest BCUT2D eigenvalue weighted by molar-refractivity contribution is -0.708. The van der Waals surface area contributed by atoms with Crippen molar-refractivity contribution in [2.24, 2.45) is 0 Å². The van der Waals surface area contributed by atoms with E-state index in [2.05, 4.69) is 0 Å². The average Bonchev–Trinajstić information content (AvgIpc) is 2.03. The summed E-state index contributed by atoms with van der Waals surface area (Å²) in [5.41, 5.74) is 0. The van der Waals surface area contributed by atoms with Crippen molar-refractivity contribution in [3.8, 4) is 0 Å². The highest BCUT2D eigenvalue weighted by Crippen LogP contribution is 1.94. The van der Waals surface area contributed by atoms with Gasteiger partial charge in [-0.05, 0) is 6.42 Å². The number of nitro groups is 2. The van der Waals surface area contributed by atoms with Gasteiger partial charge in [0.15, 0.2) is 10.1 Å². The average molecular weight is 192 g/mol. The third-order valence-electron chi connectivity index (χ3n) is 1.36. The van der Waals surface area contributed by atoms with Crippen molar-refractivity contribution in [3.05, 3.63) is 20.2 Å². The monoisotopic (exact) mass is 192 g/mol. The fourth-order valence-electron chi connectivity index (χ4n) is 0.750. The minimum atomic E-state index is -0.688. The molecule has 0 unspecified atom stereocenters. The van der Waals surface area contributed by atoms with Crippen molar-refractivity contribution in [1.29, 1.82) is 0 Å². The first-order valence-corrected chi connectivity index (χ1v) is 3.73. The summed E-state index contributed by atoms with van der Waals surface area (Å²) in [5.74, 6) is 0. The van der Waals surface area contributed by atoms with Crippen molar-refractivity contribution in [1.82, 2.24) is 10.0 Å². The standard InChI is InChI=1S/C5H12N4O4/c1-3-4-7(9(12)13)5-6(2)8(10)11/h3-5H2,1-2H3. The highest BCUT2D eigenvalue weighted by atomic mass is 16.7. The van der Waals surface area contributed by atoms with Crippen LogP contribution in [-0.2, 0) is 0 Å². The molecule has 0 rings (SSSR count). The SMILES string of the molecule is CCCN(CN(C)[N+](=O)[O-])[N+](=O)[O-]. The van der Waals surface area contributed by atoms with Crippen LogP contribution in [0.4, 0.5) is 0 Å². The van der Waals surface area contributed by atoms with Crippen molar-refractivity contribution in [2.45, 2.75) is 13.3 Å². The highest BCUT2D eigenvalue weighted by Gasteiger charge is 2.19. The minimum absolute atomic E-state index is 0.200. The van der Waals surface area contributed by atoms with Crippen LogP contribution in [0.5, 0.6) is 0 Å². The Kier molecular flexibility index (Phi) is 4.49. The maximum Gasteiger partial charge on any atom is 0.207 e. The molecule has 0 spiro atoms. The Labute approximate surface area is 75.0 Å². The van der Waals surface area contributed by atoms with Crippen LogP contribution in [0.3, 0.4) is 0 Å². The number of hydrazine groups is 2. The number of nitrogens with zero attached hydrogens (tertiary/aromatic N) is 4. The molecular formula is C5H12N4O4. The van der Waals surface area contributed by atoms with Gasteiger partial charge in [-0.1, -0.05) is 6.92 Å². The normalized spacial score (nSPS) is 9.38. The zero-order valence-electron chi connectivity index (χ0n) is 7.54. The summed E-state index contributed by atoms with van der Waals surface area (Å²) >= 11 is 0. The van der Waals surface area contributed by atoms with E-state index in [-0.39, 0.29) is 13.2 Å². The highest BCUT2D eigenvalue weighted by molar-refractivity contribution is 4.38. The first-order valence-electron chi connectivity index (χ1n) is 3.73. The molecule has 0 amide bonds. The topological polar surface area (TPSA) is 92.8 Å². The third kappa shape index (κ3) is 4.09. The van der Waals surface area contributed by atoms with Crippen LogP contribution < -0.4 is 0 Å². The Morgan fingerprint density at radius 1 is 1.23 bits per heavy atom. The first kappa shape index (κ1) is 11.4. The fraction of sp³-hybridized carbons (Fsp3) is 1.00. The molecule has 0 aliphatic rings. The van der Waals surface area contributed by atoms with Gasteiger partial charge in [-0.3, -0.25) is 0 Å². The van der Waals surface area contributed by atoms with Gasteiger partial charge in [-0.15, -0.1) is 10.0 Å². The molecule has 8 nitrogen and oxygen atoms in total. The Morgan fingerprint density at radius 2 is 1.77 bits per heavy atom. The molecule has 0 radical (unpaired) electrons. The second kappa shape index (κ2) is 5.12. The van der Waals surface area contributed by atoms with Crippen molar-refractivity contribution in [2.75, 3.05) is 20.3 Å². The largest absolute Gasteiger partial charge is 0.235 e. The fourth-order valence-corrected chi connectivity index (χ4v) is 0.750.